The SMILES string of the molecule is O=C(CSC(F)(F)F)Nc1cccnc1. The largest absolute Gasteiger partial charge is 0.442 e. The zero-order valence-electron chi connectivity index (χ0n) is 7.41. The number of aromatic nitrogens is 1. The molecular formula is C8H7F3N2OS. The molecule has 1 amide bonds. The van der Waals surface area contributed by atoms with Crippen LogP contribution >= 0.6 is 11.8 Å². The predicted molar refractivity (Wildman–Crippen MR) is 51.4 cm³/mol. The number of anilines is 1. The number of hydrogen-bond donors (Lipinski definition) is 1. The van der Waals surface area contributed by atoms with Crippen LogP contribution < -0.4 is 5.32 Å². The number of alkyl halides is 3. The summed E-state index contributed by atoms with van der Waals surface area (Å²) in [6.45, 7) is 0. The molecule has 1 aromatic rings. The number of carbonyl (C=O) groups is 1. The lowest BCUT2D eigenvalue weighted by Gasteiger charge is -2.06. The lowest BCUT2D eigenvalue weighted by atomic mass is 10.4. The molecule has 0 saturated carbocycles. The van der Waals surface area contributed by atoms with Crippen molar-refractivity contribution in [3.05, 3.63) is 24.5 Å². The van der Waals surface area contributed by atoms with Gasteiger partial charge in [0.15, 0.2) is 0 Å². The van der Waals surface area contributed by atoms with E-state index < -0.39 is 17.2 Å². The second-order valence-corrected chi connectivity index (χ2v) is 3.56. The molecule has 7 heteroatoms. The maximum absolute atomic E-state index is 11.7. The van der Waals surface area contributed by atoms with Crippen molar-refractivity contribution in [1.82, 2.24) is 4.98 Å². The van der Waals surface area contributed by atoms with E-state index in [1.54, 1.807) is 12.1 Å². The van der Waals surface area contributed by atoms with Gasteiger partial charge >= 0.3 is 5.51 Å². The summed E-state index contributed by atoms with van der Waals surface area (Å²) in [5.41, 5.74) is -4.00. The fraction of sp³-hybridized carbons (Fsp3) is 0.250. The van der Waals surface area contributed by atoms with Crippen molar-refractivity contribution in [2.24, 2.45) is 0 Å². The molecular weight excluding hydrogens is 229 g/mol. The molecule has 0 aliphatic carbocycles. The Morgan fingerprint density at radius 2 is 2.27 bits per heavy atom. The van der Waals surface area contributed by atoms with Gasteiger partial charge in [0.25, 0.3) is 0 Å². The third-order valence-corrected chi connectivity index (χ3v) is 2.05. The zero-order chi connectivity index (χ0) is 11.3. The van der Waals surface area contributed by atoms with Crippen LogP contribution in [0.25, 0.3) is 0 Å². The third-order valence-electron chi connectivity index (χ3n) is 1.31. The van der Waals surface area contributed by atoms with Crippen molar-refractivity contribution in [2.75, 3.05) is 11.1 Å². The standard InChI is InChI=1S/C8H7F3N2OS/c9-8(10,11)15-5-7(14)13-6-2-1-3-12-4-6/h1-4H,5H2,(H,13,14). The van der Waals surface area contributed by atoms with Crippen molar-refractivity contribution in [3.8, 4) is 0 Å². The topological polar surface area (TPSA) is 42.0 Å². The fourth-order valence-electron chi connectivity index (χ4n) is 0.781. The lowest BCUT2D eigenvalue weighted by molar-refractivity contribution is -0.114. The number of nitrogens with zero attached hydrogens (tertiary/aromatic N) is 1. The van der Waals surface area contributed by atoms with Crippen molar-refractivity contribution in [2.45, 2.75) is 5.51 Å². The first-order valence-corrected chi connectivity index (χ1v) is 4.86. The summed E-state index contributed by atoms with van der Waals surface area (Å²) < 4.78 is 35.2. The molecule has 0 unspecified atom stereocenters. The van der Waals surface area contributed by atoms with Crippen LogP contribution in [0.5, 0.6) is 0 Å². The number of thioether (sulfide) groups is 1. The van der Waals surface area contributed by atoms with Gasteiger partial charge in [-0.3, -0.25) is 9.78 Å². The fourth-order valence-corrected chi connectivity index (χ4v) is 1.15. The van der Waals surface area contributed by atoms with Gasteiger partial charge in [0.2, 0.25) is 5.91 Å². The molecule has 0 spiro atoms. The molecule has 0 atom stereocenters. The van der Waals surface area contributed by atoms with E-state index in [0.717, 1.165) is 0 Å². The Bertz CT molecular complexity index is 328. The number of amides is 1. The van der Waals surface area contributed by atoms with Crippen LogP contribution in [-0.2, 0) is 4.79 Å². The summed E-state index contributed by atoms with van der Waals surface area (Å²) in [4.78, 5) is 14.7. The van der Waals surface area contributed by atoms with E-state index in [1.165, 1.54) is 12.4 Å². The molecule has 1 N–H and O–H groups in total. The molecule has 0 aromatic carbocycles. The van der Waals surface area contributed by atoms with Crippen molar-refractivity contribution in [3.63, 3.8) is 0 Å². The Kier molecular flexibility index (Phi) is 3.96. The van der Waals surface area contributed by atoms with E-state index in [-0.39, 0.29) is 11.8 Å². The van der Waals surface area contributed by atoms with Crippen molar-refractivity contribution in [1.29, 1.82) is 0 Å². The first-order valence-electron chi connectivity index (χ1n) is 3.88. The van der Waals surface area contributed by atoms with Crippen LogP contribution in [0.4, 0.5) is 18.9 Å². The Morgan fingerprint density at radius 3 is 2.80 bits per heavy atom. The van der Waals surface area contributed by atoms with Gasteiger partial charge in [-0.2, -0.15) is 13.2 Å². The lowest BCUT2D eigenvalue weighted by Crippen LogP contribution is -2.17. The molecule has 0 radical (unpaired) electrons. The van der Waals surface area contributed by atoms with Gasteiger partial charge in [-0.25, -0.2) is 0 Å². The summed E-state index contributed by atoms with van der Waals surface area (Å²) in [7, 11) is 0. The van der Waals surface area contributed by atoms with Crippen LogP contribution in [0.15, 0.2) is 24.5 Å². The second kappa shape index (κ2) is 5.01. The highest BCUT2D eigenvalue weighted by atomic mass is 32.2. The van der Waals surface area contributed by atoms with Crippen molar-refractivity contribution >= 4 is 23.4 Å². The molecule has 0 fully saturated rings. The Labute approximate surface area is 88.1 Å². The highest BCUT2D eigenvalue weighted by Gasteiger charge is 2.29. The number of hydrogen-bond acceptors (Lipinski definition) is 3. The molecule has 82 valence electrons. The molecule has 1 heterocycles. The normalized spacial score (nSPS) is 11.1. The molecule has 0 saturated heterocycles. The zero-order valence-corrected chi connectivity index (χ0v) is 8.23. The highest BCUT2D eigenvalue weighted by Crippen LogP contribution is 2.29. The van der Waals surface area contributed by atoms with E-state index in [0.29, 0.717) is 5.69 Å². The van der Waals surface area contributed by atoms with Crippen LogP contribution in [0.2, 0.25) is 0 Å². The molecule has 15 heavy (non-hydrogen) atoms. The second-order valence-electron chi connectivity index (χ2n) is 2.52. The van der Waals surface area contributed by atoms with Crippen LogP contribution in [0.1, 0.15) is 0 Å². The first kappa shape index (κ1) is 11.8. The first-order chi connectivity index (χ1) is 6.97. The molecule has 3 nitrogen and oxygen atoms in total. The van der Waals surface area contributed by atoms with E-state index in [2.05, 4.69) is 10.3 Å². The summed E-state index contributed by atoms with van der Waals surface area (Å²) in [6, 6.07) is 3.12. The number of nitrogens with one attached hydrogen (secondary N) is 1. The summed E-state index contributed by atoms with van der Waals surface area (Å²) in [5.74, 6) is -1.36. The minimum Gasteiger partial charge on any atom is -0.324 e. The smallest absolute Gasteiger partial charge is 0.324 e. The predicted octanol–water partition coefficient (Wildman–Crippen LogP) is 2.27. The minimum atomic E-state index is -4.38. The van der Waals surface area contributed by atoms with Crippen LogP contribution in [0.3, 0.4) is 0 Å². The van der Waals surface area contributed by atoms with Gasteiger partial charge in [0.1, 0.15) is 0 Å². The van der Waals surface area contributed by atoms with Gasteiger partial charge in [-0.15, -0.1) is 0 Å². The van der Waals surface area contributed by atoms with Crippen molar-refractivity contribution < 1.29 is 18.0 Å². The Morgan fingerprint density at radius 1 is 1.53 bits per heavy atom. The summed E-state index contributed by atoms with van der Waals surface area (Å²) >= 11 is -0.372. The highest BCUT2D eigenvalue weighted by molar-refractivity contribution is 8.00. The van der Waals surface area contributed by atoms with Gasteiger partial charge in [0.05, 0.1) is 17.6 Å². The molecule has 0 aliphatic rings. The average Bonchev–Trinajstić information content (AvgIpc) is 2.15. The quantitative estimate of drug-likeness (QED) is 0.875. The molecule has 0 aliphatic heterocycles. The summed E-state index contributed by atoms with van der Waals surface area (Å²) in [5, 5.41) is 2.29. The average molecular weight is 236 g/mol. The summed E-state index contributed by atoms with van der Waals surface area (Å²) in [6.07, 6.45) is 2.86. The van der Waals surface area contributed by atoms with Gasteiger partial charge < -0.3 is 5.32 Å². The monoisotopic (exact) mass is 236 g/mol. The minimum absolute atomic E-state index is 0.372. The maximum Gasteiger partial charge on any atom is 0.442 e. The van der Waals surface area contributed by atoms with E-state index >= 15 is 0 Å². The van der Waals surface area contributed by atoms with Gasteiger partial charge in [0, 0.05) is 6.20 Å². The van der Waals surface area contributed by atoms with E-state index in [9.17, 15) is 18.0 Å². The van der Waals surface area contributed by atoms with Gasteiger partial charge in [-0.1, -0.05) is 0 Å². The van der Waals surface area contributed by atoms with Gasteiger partial charge in [-0.05, 0) is 23.9 Å². The molecule has 1 aromatic heterocycles. The number of rotatable bonds is 3. The molecule has 1 rings (SSSR count). The number of pyridine rings is 1. The van der Waals surface area contributed by atoms with E-state index in [1.807, 2.05) is 0 Å². The van der Waals surface area contributed by atoms with Crippen LogP contribution in [0, 0.1) is 0 Å². The molecule has 0 bridgehead atoms. The number of halogens is 3. The maximum atomic E-state index is 11.7. The van der Waals surface area contributed by atoms with Crippen LogP contribution in [-0.4, -0.2) is 22.2 Å². The number of carbonyl (C=O) groups excluding carboxylic acids is 1. The Balaban J connectivity index is 2.38. The Hall–Kier alpha value is -1.24. The van der Waals surface area contributed by atoms with E-state index in [4.69, 9.17) is 0 Å². The third kappa shape index (κ3) is 5.26.